The van der Waals surface area contributed by atoms with E-state index >= 15 is 0 Å². The number of nitrogens with two attached hydrogens (primary N) is 1. The monoisotopic (exact) mass is 207 g/mol. The predicted octanol–water partition coefficient (Wildman–Crippen LogP) is 0.779. The second-order valence-electron chi connectivity index (χ2n) is 3.44. The third-order valence-corrected chi connectivity index (χ3v) is 2.28. The third-order valence-electron chi connectivity index (χ3n) is 2.28. The van der Waals surface area contributed by atoms with Crippen LogP contribution in [0.15, 0.2) is 24.5 Å². The van der Waals surface area contributed by atoms with Gasteiger partial charge in [-0.1, -0.05) is 6.92 Å². The summed E-state index contributed by atoms with van der Waals surface area (Å²) in [4.78, 5) is 16.8. The van der Waals surface area contributed by atoms with Gasteiger partial charge in [-0.05, 0) is 24.2 Å². The van der Waals surface area contributed by atoms with Gasteiger partial charge >= 0.3 is 0 Å². The molecule has 15 heavy (non-hydrogen) atoms. The molecular weight excluding hydrogens is 190 g/mol. The molecular formula is C11H17N3O. The van der Waals surface area contributed by atoms with Crippen molar-refractivity contribution >= 4 is 5.91 Å². The largest absolute Gasteiger partial charge is 0.370 e. The first-order chi connectivity index (χ1) is 7.22. The summed E-state index contributed by atoms with van der Waals surface area (Å²) in [5, 5.41) is 0. The van der Waals surface area contributed by atoms with Gasteiger partial charge in [-0.3, -0.25) is 14.7 Å². The van der Waals surface area contributed by atoms with E-state index in [1.54, 1.807) is 12.4 Å². The Morgan fingerprint density at radius 1 is 1.47 bits per heavy atom. The van der Waals surface area contributed by atoms with Crippen LogP contribution in [0.1, 0.15) is 18.9 Å². The summed E-state index contributed by atoms with van der Waals surface area (Å²) in [5.74, 6) is -0.247. The first kappa shape index (κ1) is 11.7. The van der Waals surface area contributed by atoms with Gasteiger partial charge in [0.1, 0.15) is 0 Å². The molecule has 1 rings (SSSR count). The molecule has 0 spiro atoms. The van der Waals surface area contributed by atoms with Gasteiger partial charge in [0, 0.05) is 31.9 Å². The minimum absolute atomic E-state index is 0.247. The maximum atomic E-state index is 10.7. The van der Waals surface area contributed by atoms with Crippen molar-refractivity contribution in [2.45, 2.75) is 19.9 Å². The van der Waals surface area contributed by atoms with E-state index in [2.05, 4.69) is 16.8 Å². The molecule has 0 aliphatic heterocycles. The highest BCUT2D eigenvalue weighted by atomic mass is 16.1. The van der Waals surface area contributed by atoms with Crippen LogP contribution in [0.5, 0.6) is 0 Å². The van der Waals surface area contributed by atoms with Crippen LogP contribution in [0, 0.1) is 0 Å². The van der Waals surface area contributed by atoms with Crippen molar-refractivity contribution in [2.24, 2.45) is 5.73 Å². The zero-order chi connectivity index (χ0) is 11.1. The Kier molecular flexibility index (Phi) is 4.77. The fourth-order valence-electron chi connectivity index (χ4n) is 1.36. The molecule has 0 aliphatic carbocycles. The van der Waals surface area contributed by atoms with Crippen molar-refractivity contribution in [2.75, 3.05) is 13.1 Å². The molecule has 0 atom stereocenters. The van der Waals surface area contributed by atoms with Crippen LogP contribution in [0.25, 0.3) is 0 Å². The molecule has 1 aromatic heterocycles. The molecule has 0 aliphatic rings. The van der Waals surface area contributed by atoms with Gasteiger partial charge < -0.3 is 5.73 Å². The third kappa shape index (κ3) is 4.56. The number of pyridine rings is 1. The van der Waals surface area contributed by atoms with E-state index in [4.69, 9.17) is 5.73 Å². The summed E-state index contributed by atoms with van der Waals surface area (Å²) in [6.45, 7) is 4.54. The van der Waals surface area contributed by atoms with Crippen LogP contribution in [-0.4, -0.2) is 28.9 Å². The standard InChI is InChI=1S/C11H17N3O/c1-2-14(8-5-11(12)15)9-10-3-6-13-7-4-10/h3-4,6-7H,2,5,8-9H2,1H3,(H2,12,15). The number of hydrogen-bond acceptors (Lipinski definition) is 3. The van der Waals surface area contributed by atoms with E-state index in [0.717, 1.165) is 13.1 Å². The molecule has 0 aromatic carbocycles. The predicted molar refractivity (Wildman–Crippen MR) is 59.0 cm³/mol. The lowest BCUT2D eigenvalue weighted by molar-refractivity contribution is -0.118. The Balaban J connectivity index is 2.43. The Bertz CT molecular complexity index is 300. The van der Waals surface area contributed by atoms with E-state index in [1.165, 1.54) is 5.56 Å². The second-order valence-corrected chi connectivity index (χ2v) is 3.44. The Morgan fingerprint density at radius 3 is 2.67 bits per heavy atom. The van der Waals surface area contributed by atoms with E-state index in [1.807, 2.05) is 12.1 Å². The SMILES string of the molecule is CCN(CCC(N)=O)Cc1ccncc1. The van der Waals surface area contributed by atoms with E-state index in [9.17, 15) is 4.79 Å². The van der Waals surface area contributed by atoms with Gasteiger partial charge in [0.2, 0.25) is 5.91 Å². The van der Waals surface area contributed by atoms with Crippen molar-refractivity contribution in [3.63, 3.8) is 0 Å². The number of carbonyl (C=O) groups is 1. The summed E-state index contributed by atoms with van der Waals surface area (Å²) < 4.78 is 0. The van der Waals surface area contributed by atoms with Crippen molar-refractivity contribution in [3.8, 4) is 0 Å². The molecule has 1 amide bonds. The van der Waals surface area contributed by atoms with Gasteiger partial charge in [0.25, 0.3) is 0 Å². The maximum absolute atomic E-state index is 10.7. The van der Waals surface area contributed by atoms with Gasteiger partial charge in [-0.2, -0.15) is 0 Å². The lowest BCUT2D eigenvalue weighted by Gasteiger charge is -2.19. The molecule has 0 radical (unpaired) electrons. The minimum atomic E-state index is -0.247. The molecule has 0 bridgehead atoms. The van der Waals surface area contributed by atoms with E-state index < -0.39 is 0 Å². The molecule has 4 nitrogen and oxygen atoms in total. The van der Waals surface area contributed by atoms with E-state index in [-0.39, 0.29) is 5.91 Å². The first-order valence-corrected chi connectivity index (χ1v) is 5.12. The molecule has 0 fully saturated rings. The van der Waals surface area contributed by atoms with Gasteiger partial charge in [-0.25, -0.2) is 0 Å². The average molecular weight is 207 g/mol. The number of carbonyl (C=O) groups excluding carboxylic acids is 1. The number of primary amides is 1. The van der Waals surface area contributed by atoms with Crippen molar-refractivity contribution in [1.82, 2.24) is 9.88 Å². The Morgan fingerprint density at radius 2 is 2.13 bits per heavy atom. The van der Waals surface area contributed by atoms with Crippen LogP contribution in [-0.2, 0) is 11.3 Å². The Labute approximate surface area is 90.1 Å². The van der Waals surface area contributed by atoms with Gasteiger partial charge in [0.15, 0.2) is 0 Å². The van der Waals surface area contributed by atoms with Crippen LogP contribution in [0.3, 0.4) is 0 Å². The molecule has 0 saturated carbocycles. The lowest BCUT2D eigenvalue weighted by atomic mass is 10.2. The van der Waals surface area contributed by atoms with Crippen LogP contribution < -0.4 is 5.73 Å². The first-order valence-electron chi connectivity index (χ1n) is 5.12. The summed E-state index contributed by atoms with van der Waals surface area (Å²) in [6, 6.07) is 3.96. The average Bonchev–Trinajstić information content (AvgIpc) is 2.25. The van der Waals surface area contributed by atoms with Crippen LogP contribution >= 0.6 is 0 Å². The van der Waals surface area contributed by atoms with Gasteiger partial charge in [0.05, 0.1) is 0 Å². The summed E-state index contributed by atoms with van der Waals surface area (Å²) in [5.41, 5.74) is 6.32. The zero-order valence-electron chi connectivity index (χ0n) is 9.02. The van der Waals surface area contributed by atoms with Crippen LogP contribution in [0.4, 0.5) is 0 Å². The number of aromatic nitrogens is 1. The zero-order valence-corrected chi connectivity index (χ0v) is 9.02. The second kappa shape index (κ2) is 6.14. The highest BCUT2D eigenvalue weighted by Gasteiger charge is 2.04. The molecule has 1 heterocycles. The van der Waals surface area contributed by atoms with Gasteiger partial charge in [-0.15, -0.1) is 0 Å². The molecule has 1 aromatic rings. The number of rotatable bonds is 6. The van der Waals surface area contributed by atoms with E-state index in [0.29, 0.717) is 13.0 Å². The summed E-state index contributed by atoms with van der Waals surface area (Å²) in [7, 11) is 0. The molecule has 0 saturated heterocycles. The fraction of sp³-hybridized carbons (Fsp3) is 0.455. The molecule has 4 heteroatoms. The van der Waals surface area contributed by atoms with Crippen molar-refractivity contribution in [3.05, 3.63) is 30.1 Å². The summed E-state index contributed by atoms with van der Waals surface area (Å²) >= 11 is 0. The molecule has 82 valence electrons. The number of nitrogens with zero attached hydrogens (tertiary/aromatic N) is 2. The fourth-order valence-corrected chi connectivity index (χ4v) is 1.36. The summed E-state index contributed by atoms with van der Waals surface area (Å²) in [6.07, 6.45) is 3.97. The number of amides is 1. The minimum Gasteiger partial charge on any atom is -0.370 e. The Hall–Kier alpha value is -1.42. The molecule has 2 N–H and O–H groups in total. The van der Waals surface area contributed by atoms with Crippen LogP contribution in [0.2, 0.25) is 0 Å². The smallest absolute Gasteiger partial charge is 0.218 e. The highest BCUT2D eigenvalue weighted by Crippen LogP contribution is 2.03. The van der Waals surface area contributed by atoms with Crippen molar-refractivity contribution < 1.29 is 4.79 Å². The normalized spacial score (nSPS) is 10.5. The highest BCUT2D eigenvalue weighted by molar-refractivity contribution is 5.73. The quantitative estimate of drug-likeness (QED) is 0.750. The number of hydrogen-bond donors (Lipinski definition) is 1. The van der Waals surface area contributed by atoms with Crippen molar-refractivity contribution in [1.29, 1.82) is 0 Å². The maximum Gasteiger partial charge on any atom is 0.218 e. The lowest BCUT2D eigenvalue weighted by Crippen LogP contribution is -2.27. The topological polar surface area (TPSA) is 59.2 Å². The molecule has 0 unspecified atom stereocenters.